The molecule has 0 aliphatic rings. The maximum atomic E-state index is 13.6. The van der Waals surface area contributed by atoms with Crippen LogP contribution in [-0.2, 0) is 39.8 Å². The number of hydrogen-bond acceptors (Lipinski definition) is 9. The number of esters is 3. The van der Waals surface area contributed by atoms with Crippen molar-refractivity contribution in [2.24, 2.45) is 23.0 Å². The second-order valence-electron chi connectivity index (χ2n) is 13.3. The van der Waals surface area contributed by atoms with Crippen molar-refractivity contribution in [1.29, 1.82) is 0 Å². The van der Waals surface area contributed by atoms with Crippen molar-refractivity contribution in [3.05, 3.63) is 82.9 Å². The summed E-state index contributed by atoms with van der Waals surface area (Å²) in [5, 5.41) is 2.94. The topological polar surface area (TPSA) is 143 Å². The number of amides is 1. The first kappa shape index (κ1) is 44.9. The summed E-state index contributed by atoms with van der Waals surface area (Å²) in [5.41, 5.74) is 6.30. The van der Waals surface area contributed by atoms with Gasteiger partial charge in [0.2, 0.25) is 9.70 Å². The van der Waals surface area contributed by atoms with Crippen molar-refractivity contribution in [2.45, 2.75) is 75.9 Å². The van der Waals surface area contributed by atoms with Gasteiger partial charge < -0.3 is 30.0 Å². The minimum absolute atomic E-state index is 0.000456. The number of methoxy groups -OCH3 is 1. The average molecular weight is 803 g/mol. The van der Waals surface area contributed by atoms with Crippen molar-refractivity contribution >= 4 is 76.3 Å². The number of hydrogen-bond donors (Lipinski definition) is 2. The molecule has 286 valence electrons. The lowest BCUT2D eigenvalue weighted by Gasteiger charge is -2.27. The van der Waals surface area contributed by atoms with Gasteiger partial charge in [-0.05, 0) is 55.5 Å². The van der Waals surface area contributed by atoms with Crippen LogP contribution < -0.4 is 15.8 Å². The summed E-state index contributed by atoms with van der Waals surface area (Å²) in [4.78, 5) is 52.6. The molecule has 2 aromatic rings. The fourth-order valence-electron chi connectivity index (χ4n) is 4.59. The largest absolute Gasteiger partial charge is 0.495 e. The highest BCUT2D eigenvalue weighted by molar-refractivity contribution is 6.67. The van der Waals surface area contributed by atoms with Gasteiger partial charge in [0.05, 0.1) is 17.5 Å². The van der Waals surface area contributed by atoms with Crippen molar-refractivity contribution in [3.8, 4) is 5.75 Å². The number of halogens is 4. The van der Waals surface area contributed by atoms with Gasteiger partial charge in [0, 0.05) is 25.3 Å². The van der Waals surface area contributed by atoms with Crippen LogP contribution >= 0.6 is 46.4 Å². The molecule has 0 unspecified atom stereocenters. The van der Waals surface area contributed by atoms with Crippen molar-refractivity contribution in [1.82, 2.24) is 5.32 Å². The number of benzene rings is 2. The van der Waals surface area contributed by atoms with Gasteiger partial charge in [-0.25, -0.2) is 9.59 Å². The minimum atomic E-state index is -1.86. The fourth-order valence-corrected chi connectivity index (χ4v) is 5.03. The summed E-state index contributed by atoms with van der Waals surface area (Å²) in [6.07, 6.45) is 4.94. The Morgan fingerprint density at radius 1 is 0.962 bits per heavy atom. The summed E-state index contributed by atoms with van der Waals surface area (Å²) >= 11 is 23.6. The predicted molar refractivity (Wildman–Crippen MR) is 205 cm³/mol. The van der Waals surface area contributed by atoms with Crippen molar-refractivity contribution < 1.29 is 38.1 Å². The molecule has 52 heavy (non-hydrogen) atoms. The first-order valence-corrected chi connectivity index (χ1v) is 18.2. The standard InChI is InChI=1S/C38H48Cl4N2O8/c1-24(2)19-32(52-36(48)37(4,5)22-43)35(47)51-30(25(3)15-16-26-11-8-7-9-12-26)13-10-14-33(45)44-29(34(46)50-23-38(40,41)42)21-27-17-18-31(49-6)28(39)20-27/h7-12,14-18,20,24-25,29-30,32H,13,19,21-23,43H2,1-6H3,(H,44,45)/b14-10+,16-15+/t25-,29-,30+,32-/m1/s1. The highest BCUT2D eigenvalue weighted by Crippen LogP contribution is 2.28. The average Bonchev–Trinajstić information content (AvgIpc) is 3.08. The van der Waals surface area contributed by atoms with Crippen LogP contribution in [0.25, 0.3) is 6.08 Å². The molecule has 0 heterocycles. The van der Waals surface area contributed by atoms with Crippen LogP contribution in [0.1, 0.15) is 58.6 Å². The van der Waals surface area contributed by atoms with Crippen LogP contribution in [0.2, 0.25) is 5.02 Å². The Morgan fingerprint density at radius 3 is 2.21 bits per heavy atom. The molecule has 0 spiro atoms. The van der Waals surface area contributed by atoms with Crippen molar-refractivity contribution in [2.75, 3.05) is 20.3 Å². The predicted octanol–water partition coefficient (Wildman–Crippen LogP) is 7.44. The molecular weight excluding hydrogens is 754 g/mol. The maximum Gasteiger partial charge on any atom is 0.347 e. The molecule has 14 heteroatoms. The van der Waals surface area contributed by atoms with E-state index < -0.39 is 57.9 Å². The zero-order valence-electron chi connectivity index (χ0n) is 30.2. The van der Waals surface area contributed by atoms with E-state index in [-0.39, 0.29) is 37.6 Å². The lowest BCUT2D eigenvalue weighted by molar-refractivity contribution is -0.178. The molecule has 0 bridgehead atoms. The van der Waals surface area contributed by atoms with Crippen LogP contribution in [-0.4, -0.2) is 66.1 Å². The Morgan fingerprint density at radius 2 is 1.63 bits per heavy atom. The summed E-state index contributed by atoms with van der Waals surface area (Å²) in [6.45, 7) is 8.43. The highest BCUT2D eigenvalue weighted by Gasteiger charge is 2.35. The smallest absolute Gasteiger partial charge is 0.347 e. The number of carbonyl (C=O) groups excluding carboxylic acids is 4. The third kappa shape index (κ3) is 16.2. The molecule has 0 aliphatic heterocycles. The van der Waals surface area contributed by atoms with Gasteiger partial charge in [-0.1, -0.05) is 122 Å². The Balaban J connectivity index is 2.30. The molecule has 0 radical (unpaired) electrons. The third-order valence-corrected chi connectivity index (χ3v) is 8.40. The van der Waals surface area contributed by atoms with E-state index in [4.69, 9.17) is 71.1 Å². The fraction of sp³-hybridized carbons (Fsp3) is 0.474. The van der Waals surface area contributed by atoms with Gasteiger partial charge in [-0.2, -0.15) is 0 Å². The second kappa shape index (κ2) is 21.4. The number of carbonyl (C=O) groups is 4. The molecule has 3 N–H and O–H groups in total. The zero-order chi connectivity index (χ0) is 39.1. The SMILES string of the molecule is COc1ccc(C[C@@H](NC(=O)/C=C/C[C@H](OC(=O)[C@@H](CC(C)C)OC(=O)C(C)(C)CN)[C@H](C)/C=C/c2ccccc2)C(=O)OCC(Cl)(Cl)Cl)cc1Cl. The Hall–Kier alpha value is -3.28. The number of ether oxygens (including phenoxy) is 4. The minimum Gasteiger partial charge on any atom is -0.495 e. The van der Waals surface area contributed by atoms with Crippen LogP contribution in [0.5, 0.6) is 5.75 Å². The summed E-state index contributed by atoms with van der Waals surface area (Å²) in [6, 6.07) is 13.3. The van der Waals surface area contributed by atoms with E-state index in [0.717, 1.165) is 5.56 Å². The Bertz CT molecular complexity index is 1540. The van der Waals surface area contributed by atoms with Crippen molar-refractivity contribution in [3.63, 3.8) is 0 Å². The third-order valence-electron chi connectivity index (χ3n) is 7.78. The summed E-state index contributed by atoms with van der Waals surface area (Å²) in [7, 11) is 1.47. The molecule has 0 aromatic heterocycles. The number of nitrogens with one attached hydrogen (secondary N) is 1. The zero-order valence-corrected chi connectivity index (χ0v) is 33.2. The highest BCUT2D eigenvalue weighted by atomic mass is 35.6. The van der Waals surface area contributed by atoms with E-state index in [9.17, 15) is 19.2 Å². The number of rotatable bonds is 19. The van der Waals surface area contributed by atoms with E-state index in [1.807, 2.05) is 63.3 Å². The van der Waals surface area contributed by atoms with E-state index in [2.05, 4.69) is 5.32 Å². The van der Waals surface area contributed by atoms with Gasteiger partial charge >= 0.3 is 17.9 Å². The van der Waals surface area contributed by atoms with E-state index in [1.165, 1.54) is 19.3 Å². The lowest BCUT2D eigenvalue weighted by atomic mass is 9.94. The quantitative estimate of drug-likeness (QED) is 0.0642. The lowest BCUT2D eigenvalue weighted by Crippen LogP contribution is -2.43. The Labute approximate surface area is 326 Å². The molecule has 2 rings (SSSR count). The summed E-state index contributed by atoms with van der Waals surface area (Å²) < 4.78 is 20.1. The normalized spacial score (nSPS) is 14.5. The van der Waals surface area contributed by atoms with Crippen LogP contribution in [0.15, 0.2) is 66.8 Å². The first-order valence-electron chi connectivity index (χ1n) is 16.7. The van der Waals surface area contributed by atoms with Gasteiger partial charge in [-0.3, -0.25) is 9.59 Å². The molecule has 0 saturated heterocycles. The van der Waals surface area contributed by atoms with Crippen LogP contribution in [0, 0.1) is 17.3 Å². The molecule has 0 fully saturated rings. The van der Waals surface area contributed by atoms with Gasteiger partial charge in [0.25, 0.3) is 0 Å². The molecule has 0 saturated carbocycles. The van der Waals surface area contributed by atoms with Gasteiger partial charge in [0.1, 0.15) is 24.5 Å². The second-order valence-corrected chi connectivity index (χ2v) is 16.2. The molecule has 1 amide bonds. The van der Waals surface area contributed by atoms with E-state index in [1.54, 1.807) is 32.0 Å². The molecule has 4 atom stereocenters. The first-order chi connectivity index (χ1) is 24.3. The van der Waals surface area contributed by atoms with Crippen LogP contribution in [0.4, 0.5) is 0 Å². The number of alkyl halides is 3. The Kier molecular flexibility index (Phi) is 18.5. The number of nitrogens with two attached hydrogens (primary N) is 1. The molecule has 2 aromatic carbocycles. The van der Waals surface area contributed by atoms with Crippen LogP contribution in [0.3, 0.4) is 0 Å². The van der Waals surface area contributed by atoms with E-state index in [0.29, 0.717) is 16.3 Å². The maximum absolute atomic E-state index is 13.6. The monoisotopic (exact) mass is 800 g/mol. The summed E-state index contributed by atoms with van der Waals surface area (Å²) in [5.74, 6) is -2.69. The van der Waals surface area contributed by atoms with Gasteiger partial charge in [-0.15, -0.1) is 0 Å². The molecule has 0 aliphatic carbocycles. The molecule has 10 nitrogen and oxygen atoms in total. The van der Waals surface area contributed by atoms with Gasteiger partial charge in [0.15, 0.2) is 6.10 Å². The molecular formula is C38H48Cl4N2O8. The van der Waals surface area contributed by atoms with E-state index >= 15 is 0 Å².